The minimum atomic E-state index is -0.442. The molecule has 2 atom stereocenters. The van der Waals surface area contributed by atoms with Gasteiger partial charge < -0.3 is 26.0 Å². The van der Waals surface area contributed by atoms with E-state index in [0.717, 1.165) is 0 Å². The number of nitrogens with one attached hydrogen (secondary N) is 4. The summed E-state index contributed by atoms with van der Waals surface area (Å²) in [7, 11) is 4.88. The first kappa shape index (κ1) is 20.5. The summed E-state index contributed by atoms with van der Waals surface area (Å²) >= 11 is 0. The van der Waals surface area contributed by atoms with Gasteiger partial charge in [0.1, 0.15) is 12.6 Å². The molecule has 0 saturated heterocycles. The van der Waals surface area contributed by atoms with Crippen LogP contribution in [0.15, 0.2) is 0 Å². The molecule has 20 heavy (non-hydrogen) atoms. The SMILES string of the molecule is CNC(=O)C(C)NC(C)=O.CNC(=O)OCC(C)NC. The number of hydrogen-bond acceptors (Lipinski definition) is 5. The number of carbonyl (C=O) groups is 3. The van der Waals surface area contributed by atoms with Crippen molar-refractivity contribution in [3.63, 3.8) is 0 Å². The van der Waals surface area contributed by atoms with E-state index in [-0.39, 0.29) is 23.9 Å². The van der Waals surface area contributed by atoms with Crippen molar-refractivity contribution in [2.24, 2.45) is 0 Å². The molecule has 0 aromatic carbocycles. The van der Waals surface area contributed by atoms with Gasteiger partial charge in [-0.1, -0.05) is 0 Å². The maximum atomic E-state index is 10.7. The maximum absolute atomic E-state index is 10.7. The molecule has 8 heteroatoms. The van der Waals surface area contributed by atoms with Crippen LogP contribution in [0.25, 0.3) is 0 Å². The smallest absolute Gasteiger partial charge is 0.406 e. The third-order valence-electron chi connectivity index (χ3n) is 2.22. The van der Waals surface area contributed by atoms with Gasteiger partial charge in [0.15, 0.2) is 0 Å². The lowest BCUT2D eigenvalue weighted by molar-refractivity contribution is -0.127. The number of likely N-dealkylation sites (N-methyl/N-ethyl adjacent to an activating group) is 2. The molecular formula is C12H26N4O4. The second-order valence-corrected chi connectivity index (χ2v) is 4.07. The lowest BCUT2D eigenvalue weighted by atomic mass is 10.3. The molecular weight excluding hydrogens is 264 g/mol. The van der Waals surface area contributed by atoms with E-state index in [1.54, 1.807) is 6.92 Å². The summed E-state index contributed by atoms with van der Waals surface area (Å²) in [5, 5.41) is 10.2. The summed E-state index contributed by atoms with van der Waals surface area (Å²) in [4.78, 5) is 31.6. The zero-order valence-corrected chi connectivity index (χ0v) is 13.0. The first-order chi connectivity index (χ1) is 9.28. The highest BCUT2D eigenvalue weighted by molar-refractivity contribution is 5.86. The van der Waals surface area contributed by atoms with E-state index in [0.29, 0.717) is 6.61 Å². The lowest BCUT2D eigenvalue weighted by Gasteiger charge is -2.09. The highest BCUT2D eigenvalue weighted by Crippen LogP contribution is 1.82. The predicted molar refractivity (Wildman–Crippen MR) is 76.3 cm³/mol. The third kappa shape index (κ3) is 12.6. The number of hydrogen-bond donors (Lipinski definition) is 4. The van der Waals surface area contributed by atoms with Gasteiger partial charge in [-0.15, -0.1) is 0 Å². The second-order valence-electron chi connectivity index (χ2n) is 4.07. The first-order valence-electron chi connectivity index (χ1n) is 6.28. The summed E-state index contributed by atoms with van der Waals surface area (Å²) in [6.45, 7) is 5.33. The summed E-state index contributed by atoms with van der Waals surface area (Å²) in [5.41, 5.74) is 0. The summed E-state index contributed by atoms with van der Waals surface area (Å²) in [6, 6.07) is -0.236. The van der Waals surface area contributed by atoms with E-state index in [1.165, 1.54) is 21.0 Å². The summed E-state index contributed by atoms with van der Waals surface area (Å²) in [5.74, 6) is -0.383. The van der Waals surface area contributed by atoms with Crippen LogP contribution < -0.4 is 21.3 Å². The van der Waals surface area contributed by atoms with Crippen LogP contribution in [0.1, 0.15) is 20.8 Å². The standard InChI is InChI=1S/C6H14N2O2.C6H12N2O2/c1-5(7-2)4-10-6(9)8-3;1-4(6(10)7-3)8-5(2)9/h5,7H,4H2,1-3H3,(H,8,9);4H,1-3H3,(H,7,10)(H,8,9). The molecule has 0 rings (SSSR count). The highest BCUT2D eigenvalue weighted by Gasteiger charge is 2.10. The third-order valence-corrected chi connectivity index (χ3v) is 2.22. The van der Waals surface area contributed by atoms with Gasteiger partial charge in [-0.25, -0.2) is 4.79 Å². The number of alkyl carbamates (subject to hydrolysis) is 1. The molecule has 2 unspecified atom stereocenters. The molecule has 0 fully saturated rings. The highest BCUT2D eigenvalue weighted by atomic mass is 16.5. The van der Waals surface area contributed by atoms with Crippen molar-refractivity contribution < 1.29 is 19.1 Å². The van der Waals surface area contributed by atoms with Crippen molar-refractivity contribution in [2.75, 3.05) is 27.7 Å². The largest absolute Gasteiger partial charge is 0.448 e. The van der Waals surface area contributed by atoms with E-state index in [4.69, 9.17) is 4.74 Å². The van der Waals surface area contributed by atoms with Gasteiger partial charge in [-0.2, -0.15) is 0 Å². The molecule has 3 amide bonds. The number of amides is 3. The quantitative estimate of drug-likeness (QED) is 0.530. The molecule has 0 aliphatic rings. The van der Waals surface area contributed by atoms with Gasteiger partial charge in [-0.3, -0.25) is 9.59 Å². The number of rotatable bonds is 5. The van der Waals surface area contributed by atoms with Crippen LogP contribution in [0.2, 0.25) is 0 Å². The molecule has 0 heterocycles. The van der Waals surface area contributed by atoms with Gasteiger partial charge in [0.2, 0.25) is 11.8 Å². The molecule has 0 spiro atoms. The Bertz CT molecular complexity index is 310. The van der Waals surface area contributed by atoms with Gasteiger partial charge in [-0.05, 0) is 20.9 Å². The van der Waals surface area contributed by atoms with Crippen LogP contribution in [0.5, 0.6) is 0 Å². The molecule has 8 nitrogen and oxygen atoms in total. The van der Waals surface area contributed by atoms with Crippen molar-refractivity contribution in [2.45, 2.75) is 32.9 Å². The average Bonchev–Trinajstić information content (AvgIpc) is 2.43. The van der Waals surface area contributed by atoms with Crippen LogP contribution in [-0.2, 0) is 14.3 Å². The fraction of sp³-hybridized carbons (Fsp3) is 0.750. The number of carbonyl (C=O) groups excluding carboxylic acids is 3. The van der Waals surface area contributed by atoms with Gasteiger partial charge in [0.25, 0.3) is 0 Å². The zero-order valence-electron chi connectivity index (χ0n) is 13.0. The molecule has 0 aliphatic heterocycles. The van der Waals surface area contributed by atoms with Gasteiger partial charge in [0.05, 0.1) is 0 Å². The Balaban J connectivity index is 0. The molecule has 0 aromatic heterocycles. The Morgan fingerprint density at radius 1 is 1.05 bits per heavy atom. The van der Waals surface area contributed by atoms with Crippen molar-refractivity contribution in [3.05, 3.63) is 0 Å². The molecule has 118 valence electrons. The van der Waals surface area contributed by atoms with Crippen molar-refractivity contribution in [3.8, 4) is 0 Å². The van der Waals surface area contributed by atoms with Gasteiger partial charge >= 0.3 is 6.09 Å². The second kappa shape index (κ2) is 12.2. The van der Waals surface area contributed by atoms with E-state index in [9.17, 15) is 14.4 Å². The van der Waals surface area contributed by atoms with E-state index in [2.05, 4.69) is 21.3 Å². The molecule has 0 aromatic rings. The van der Waals surface area contributed by atoms with E-state index in [1.807, 2.05) is 14.0 Å². The first-order valence-corrected chi connectivity index (χ1v) is 6.28. The Kier molecular flexibility index (Phi) is 12.5. The monoisotopic (exact) mass is 290 g/mol. The van der Waals surface area contributed by atoms with Crippen molar-refractivity contribution >= 4 is 17.9 Å². The van der Waals surface area contributed by atoms with E-state index < -0.39 is 6.04 Å². The number of ether oxygens (including phenoxy) is 1. The van der Waals surface area contributed by atoms with Gasteiger partial charge in [0, 0.05) is 27.1 Å². The normalized spacial score (nSPS) is 12.1. The molecule has 0 saturated carbocycles. The van der Waals surface area contributed by atoms with Crippen LogP contribution >= 0.6 is 0 Å². The Hall–Kier alpha value is -1.83. The minimum Gasteiger partial charge on any atom is -0.448 e. The van der Waals surface area contributed by atoms with E-state index >= 15 is 0 Å². The topological polar surface area (TPSA) is 109 Å². The Morgan fingerprint density at radius 2 is 1.60 bits per heavy atom. The molecule has 0 bridgehead atoms. The van der Waals surface area contributed by atoms with Crippen LogP contribution in [0.4, 0.5) is 4.79 Å². The average molecular weight is 290 g/mol. The fourth-order valence-electron chi connectivity index (χ4n) is 0.943. The molecule has 0 radical (unpaired) electrons. The molecule has 4 N–H and O–H groups in total. The minimum absolute atomic E-state index is 0.185. The van der Waals surface area contributed by atoms with Crippen LogP contribution in [-0.4, -0.2) is 57.7 Å². The Labute approximate surface area is 120 Å². The predicted octanol–water partition coefficient (Wildman–Crippen LogP) is -0.793. The van der Waals surface area contributed by atoms with Crippen LogP contribution in [0.3, 0.4) is 0 Å². The summed E-state index contributed by atoms with van der Waals surface area (Å²) in [6.07, 6.45) is -0.387. The van der Waals surface area contributed by atoms with Crippen molar-refractivity contribution in [1.29, 1.82) is 0 Å². The summed E-state index contributed by atoms with van der Waals surface area (Å²) < 4.78 is 4.73. The van der Waals surface area contributed by atoms with Crippen molar-refractivity contribution in [1.82, 2.24) is 21.3 Å². The maximum Gasteiger partial charge on any atom is 0.406 e. The zero-order chi connectivity index (χ0) is 16.1. The fourth-order valence-corrected chi connectivity index (χ4v) is 0.943. The Morgan fingerprint density at radius 3 is 1.95 bits per heavy atom. The van der Waals surface area contributed by atoms with Crippen LogP contribution in [0, 0.1) is 0 Å². The molecule has 0 aliphatic carbocycles. The lowest BCUT2D eigenvalue weighted by Crippen LogP contribution is -2.42.